The van der Waals surface area contributed by atoms with Crippen molar-refractivity contribution >= 4 is 40.7 Å². The molecule has 8 nitrogen and oxygen atoms in total. The number of methoxy groups -OCH3 is 1. The summed E-state index contributed by atoms with van der Waals surface area (Å²) in [6.45, 7) is 0. The third-order valence-electron chi connectivity index (χ3n) is 6.30. The average Bonchev–Trinajstić information content (AvgIpc) is 3.24. The molecule has 2 atom stereocenters. The van der Waals surface area contributed by atoms with Crippen LogP contribution in [-0.2, 0) is 14.4 Å². The normalized spacial score (nSPS) is 21.9. The quantitative estimate of drug-likeness (QED) is 0.346. The highest BCUT2D eigenvalue weighted by atomic mass is 16.5. The van der Waals surface area contributed by atoms with E-state index in [1.807, 2.05) is 30.3 Å². The zero-order valence-electron chi connectivity index (χ0n) is 17.8. The first-order valence-electron chi connectivity index (χ1n) is 10.5. The van der Waals surface area contributed by atoms with E-state index >= 15 is 0 Å². The number of ether oxygens (including phenoxy) is 1. The number of aromatic amines is 1. The van der Waals surface area contributed by atoms with Gasteiger partial charge in [-0.15, -0.1) is 0 Å². The van der Waals surface area contributed by atoms with Crippen LogP contribution in [0.2, 0.25) is 0 Å². The van der Waals surface area contributed by atoms with Gasteiger partial charge >= 0.3 is 0 Å². The fraction of sp³-hybridized carbons (Fsp3) is 0.160. The first kappa shape index (κ1) is 20.6. The largest absolute Gasteiger partial charge is 0.497 e. The zero-order valence-corrected chi connectivity index (χ0v) is 17.8. The second-order valence-corrected chi connectivity index (χ2v) is 8.22. The lowest BCUT2D eigenvalue weighted by atomic mass is 9.95. The highest BCUT2D eigenvalue weighted by Gasteiger charge is 2.65. The Labute approximate surface area is 189 Å². The number of aromatic nitrogens is 1. The molecule has 0 spiro atoms. The van der Waals surface area contributed by atoms with E-state index in [0.717, 1.165) is 16.8 Å². The van der Waals surface area contributed by atoms with E-state index in [2.05, 4.69) is 15.6 Å². The van der Waals surface area contributed by atoms with Crippen LogP contribution in [0.15, 0.2) is 60.8 Å². The van der Waals surface area contributed by atoms with Gasteiger partial charge in [0.25, 0.3) is 5.91 Å². The second kappa shape index (κ2) is 7.67. The molecule has 1 saturated carbocycles. The molecule has 3 aromatic rings. The third kappa shape index (κ3) is 3.45. The summed E-state index contributed by atoms with van der Waals surface area (Å²) in [6.07, 6.45) is 3.88. The Morgan fingerprint density at radius 2 is 1.97 bits per heavy atom. The van der Waals surface area contributed by atoms with Gasteiger partial charge in [0, 0.05) is 34.7 Å². The Morgan fingerprint density at radius 1 is 1.18 bits per heavy atom. The summed E-state index contributed by atoms with van der Waals surface area (Å²) in [6, 6.07) is 16.1. The van der Waals surface area contributed by atoms with Crippen LogP contribution in [0.5, 0.6) is 5.75 Å². The van der Waals surface area contributed by atoms with E-state index in [9.17, 15) is 14.4 Å². The maximum Gasteiger partial charge on any atom is 0.256 e. The summed E-state index contributed by atoms with van der Waals surface area (Å²) in [5, 5.41) is 5.66. The molecule has 2 heterocycles. The van der Waals surface area contributed by atoms with Crippen LogP contribution in [0.3, 0.4) is 0 Å². The van der Waals surface area contributed by atoms with Gasteiger partial charge in [0.1, 0.15) is 11.2 Å². The molecule has 2 aliphatic rings. The van der Waals surface area contributed by atoms with Crippen molar-refractivity contribution in [3.05, 3.63) is 77.6 Å². The smallest absolute Gasteiger partial charge is 0.256 e. The maximum atomic E-state index is 13.1. The van der Waals surface area contributed by atoms with E-state index in [4.69, 9.17) is 10.5 Å². The number of primary amides is 1. The standard InChI is InChI=1S/C25H22N4O4/c1-33-17-7-5-15(6-8-17)28-24(32)25(23(26)31)13-20(25)14-4-9-18-19(12-16-3-2-10-27-16)22(30)29-21(18)11-14/h2-12,20,27H,13H2,1H3,(H2,26,31)(H,28,32)(H,29,30)/b19-12-. The minimum absolute atomic E-state index is 0.203. The SMILES string of the molecule is COc1ccc(NC(=O)C2(C(N)=O)CC2c2ccc3c(c2)NC(=O)/C3=C\c2ccc[nH]2)cc1. The Kier molecular flexibility index (Phi) is 4.78. The van der Waals surface area contributed by atoms with Gasteiger partial charge in [-0.25, -0.2) is 0 Å². The molecule has 0 saturated heterocycles. The molecular weight excluding hydrogens is 420 g/mol. The Balaban J connectivity index is 1.40. The number of carbonyl (C=O) groups is 3. The van der Waals surface area contributed by atoms with Crippen LogP contribution in [0, 0.1) is 5.41 Å². The van der Waals surface area contributed by atoms with Crippen molar-refractivity contribution in [3.8, 4) is 5.75 Å². The second-order valence-electron chi connectivity index (χ2n) is 8.22. The van der Waals surface area contributed by atoms with Gasteiger partial charge < -0.3 is 26.1 Å². The highest BCUT2D eigenvalue weighted by Crippen LogP contribution is 2.60. The molecule has 3 amide bonds. The van der Waals surface area contributed by atoms with Gasteiger partial charge in [-0.3, -0.25) is 14.4 Å². The number of H-pyrrole nitrogens is 1. The molecule has 1 aromatic heterocycles. The molecule has 1 aliphatic carbocycles. The molecule has 5 rings (SSSR count). The van der Waals surface area contributed by atoms with Crippen molar-refractivity contribution in [2.75, 3.05) is 17.7 Å². The van der Waals surface area contributed by atoms with Crippen LogP contribution >= 0.6 is 0 Å². The van der Waals surface area contributed by atoms with Gasteiger partial charge in [0.15, 0.2) is 0 Å². The number of rotatable bonds is 6. The summed E-state index contributed by atoms with van der Waals surface area (Å²) in [5.74, 6) is -1.03. The molecule has 0 bridgehead atoms. The average molecular weight is 442 g/mol. The van der Waals surface area contributed by atoms with Crippen LogP contribution in [0.4, 0.5) is 11.4 Å². The Morgan fingerprint density at radius 3 is 2.64 bits per heavy atom. The summed E-state index contributed by atoms with van der Waals surface area (Å²) in [7, 11) is 1.56. The molecule has 33 heavy (non-hydrogen) atoms. The third-order valence-corrected chi connectivity index (χ3v) is 6.30. The first-order chi connectivity index (χ1) is 15.9. The molecule has 2 aromatic carbocycles. The lowest BCUT2D eigenvalue weighted by molar-refractivity contribution is -0.132. The minimum atomic E-state index is -1.33. The number of anilines is 2. The van der Waals surface area contributed by atoms with Crippen molar-refractivity contribution in [2.45, 2.75) is 12.3 Å². The molecule has 0 radical (unpaired) electrons. The molecular formula is C25H22N4O4. The summed E-state index contributed by atoms with van der Waals surface area (Å²) < 4.78 is 5.13. The predicted molar refractivity (Wildman–Crippen MR) is 124 cm³/mol. The minimum Gasteiger partial charge on any atom is -0.497 e. The summed E-state index contributed by atoms with van der Waals surface area (Å²) in [4.78, 5) is 41.0. The fourth-order valence-electron chi connectivity index (χ4n) is 4.38. The van der Waals surface area contributed by atoms with Crippen LogP contribution in [-0.4, -0.2) is 29.8 Å². The van der Waals surface area contributed by atoms with Crippen molar-refractivity contribution in [1.82, 2.24) is 4.98 Å². The topological polar surface area (TPSA) is 126 Å². The van der Waals surface area contributed by atoms with Crippen molar-refractivity contribution in [2.24, 2.45) is 11.1 Å². The predicted octanol–water partition coefficient (Wildman–Crippen LogP) is 3.11. The number of benzene rings is 2. The van der Waals surface area contributed by atoms with Crippen molar-refractivity contribution < 1.29 is 19.1 Å². The van der Waals surface area contributed by atoms with Crippen LogP contribution in [0.1, 0.15) is 29.2 Å². The van der Waals surface area contributed by atoms with Gasteiger partial charge in [-0.05, 0) is 60.5 Å². The first-order valence-corrected chi connectivity index (χ1v) is 10.5. The molecule has 166 valence electrons. The van der Waals surface area contributed by atoms with E-state index in [1.54, 1.807) is 43.6 Å². The number of nitrogens with two attached hydrogens (primary N) is 1. The van der Waals surface area contributed by atoms with Crippen LogP contribution < -0.4 is 21.1 Å². The van der Waals surface area contributed by atoms with Gasteiger partial charge in [0.2, 0.25) is 11.8 Å². The van der Waals surface area contributed by atoms with Gasteiger partial charge in [-0.2, -0.15) is 0 Å². The summed E-state index contributed by atoms with van der Waals surface area (Å²) in [5.41, 5.74) is 8.47. The van der Waals surface area contributed by atoms with Crippen molar-refractivity contribution in [3.63, 3.8) is 0 Å². The highest BCUT2D eigenvalue weighted by molar-refractivity contribution is 6.34. The van der Waals surface area contributed by atoms with E-state index in [1.165, 1.54) is 0 Å². The van der Waals surface area contributed by atoms with Crippen LogP contribution in [0.25, 0.3) is 11.6 Å². The summed E-state index contributed by atoms with van der Waals surface area (Å²) >= 11 is 0. The number of fused-ring (bicyclic) bond motifs is 1. The molecule has 8 heteroatoms. The van der Waals surface area contributed by atoms with E-state index < -0.39 is 17.2 Å². The fourth-order valence-corrected chi connectivity index (χ4v) is 4.38. The number of hydrogen-bond acceptors (Lipinski definition) is 4. The Hall–Kier alpha value is -4.33. The molecule has 1 fully saturated rings. The molecule has 1 aliphatic heterocycles. The Bertz CT molecular complexity index is 1290. The number of hydrogen-bond donors (Lipinski definition) is 4. The number of nitrogens with one attached hydrogen (secondary N) is 3. The molecule has 5 N–H and O–H groups in total. The lowest BCUT2D eigenvalue weighted by Crippen LogP contribution is -2.37. The van der Waals surface area contributed by atoms with E-state index in [0.29, 0.717) is 29.1 Å². The van der Waals surface area contributed by atoms with Crippen molar-refractivity contribution in [1.29, 1.82) is 0 Å². The molecule has 2 unspecified atom stereocenters. The van der Waals surface area contributed by atoms with Gasteiger partial charge in [-0.1, -0.05) is 12.1 Å². The van der Waals surface area contributed by atoms with Gasteiger partial charge in [0.05, 0.1) is 12.7 Å². The number of amides is 3. The lowest BCUT2D eigenvalue weighted by Gasteiger charge is -2.15. The zero-order chi connectivity index (χ0) is 23.2. The van der Waals surface area contributed by atoms with E-state index in [-0.39, 0.29) is 11.8 Å². The number of carbonyl (C=O) groups excluding carboxylic acids is 3. The monoisotopic (exact) mass is 442 g/mol. The maximum absolute atomic E-state index is 13.1.